The minimum Gasteiger partial charge on any atom is -0.325 e. The highest BCUT2D eigenvalue weighted by Gasteiger charge is 2.37. The molecule has 20 heavy (non-hydrogen) atoms. The van der Waals surface area contributed by atoms with E-state index in [0.29, 0.717) is 15.6 Å². The average molecular weight is 310 g/mol. The molecule has 0 spiro atoms. The van der Waals surface area contributed by atoms with Gasteiger partial charge in [0.05, 0.1) is 10.0 Å². The van der Waals surface area contributed by atoms with Crippen molar-refractivity contribution in [2.75, 3.05) is 7.05 Å². The Morgan fingerprint density at radius 1 is 1.25 bits per heavy atom. The van der Waals surface area contributed by atoms with Gasteiger partial charge in [-0.25, -0.2) is 0 Å². The van der Waals surface area contributed by atoms with Crippen LogP contribution in [0.3, 0.4) is 0 Å². The largest absolute Gasteiger partial charge is 0.325 e. The Morgan fingerprint density at radius 3 is 2.45 bits per heavy atom. The average Bonchev–Trinajstić information content (AvgIpc) is 2.49. The zero-order chi connectivity index (χ0) is 14.8. The number of terminal acetylenes is 1. The molecule has 0 unspecified atom stereocenters. The van der Waals surface area contributed by atoms with Crippen LogP contribution in [0.5, 0.6) is 0 Å². The maximum absolute atomic E-state index is 12.6. The molecule has 1 amide bonds. The molecule has 1 aliphatic rings. The van der Waals surface area contributed by atoms with E-state index in [-0.39, 0.29) is 5.91 Å². The van der Waals surface area contributed by atoms with Gasteiger partial charge in [0.15, 0.2) is 0 Å². The smallest absolute Gasteiger partial charge is 0.254 e. The summed E-state index contributed by atoms with van der Waals surface area (Å²) in [5.74, 6) is 2.73. The lowest BCUT2D eigenvalue weighted by Gasteiger charge is -2.40. The fourth-order valence-corrected chi connectivity index (χ4v) is 3.03. The van der Waals surface area contributed by atoms with Gasteiger partial charge < -0.3 is 4.90 Å². The zero-order valence-corrected chi connectivity index (χ0v) is 13.0. The van der Waals surface area contributed by atoms with E-state index in [2.05, 4.69) is 5.92 Å². The van der Waals surface area contributed by atoms with E-state index < -0.39 is 5.54 Å². The molecule has 1 saturated carbocycles. The van der Waals surface area contributed by atoms with E-state index in [0.717, 1.165) is 25.7 Å². The van der Waals surface area contributed by atoms with Crippen LogP contribution in [0.1, 0.15) is 42.5 Å². The number of carbonyl (C=O) groups is 1. The van der Waals surface area contributed by atoms with Crippen molar-refractivity contribution in [1.82, 2.24) is 4.90 Å². The Morgan fingerprint density at radius 2 is 1.90 bits per heavy atom. The lowest BCUT2D eigenvalue weighted by atomic mass is 9.81. The molecule has 4 heteroatoms. The van der Waals surface area contributed by atoms with Crippen LogP contribution in [0.25, 0.3) is 0 Å². The highest BCUT2D eigenvalue weighted by molar-refractivity contribution is 6.42. The fraction of sp³-hybridized carbons (Fsp3) is 0.438. The predicted octanol–water partition coefficient (Wildman–Crippen LogP) is 4.40. The molecule has 1 aromatic carbocycles. The number of carbonyl (C=O) groups excluding carboxylic acids is 1. The van der Waals surface area contributed by atoms with E-state index in [1.807, 2.05) is 0 Å². The summed E-state index contributed by atoms with van der Waals surface area (Å²) >= 11 is 11.9. The van der Waals surface area contributed by atoms with Gasteiger partial charge in [-0.3, -0.25) is 4.79 Å². The minimum atomic E-state index is -0.471. The number of rotatable bonds is 2. The molecule has 1 aliphatic carbocycles. The molecule has 0 N–H and O–H groups in total. The fourth-order valence-electron chi connectivity index (χ4n) is 2.73. The monoisotopic (exact) mass is 309 g/mol. The quantitative estimate of drug-likeness (QED) is 0.741. The van der Waals surface area contributed by atoms with E-state index in [4.69, 9.17) is 29.6 Å². The molecule has 1 aromatic rings. The zero-order valence-electron chi connectivity index (χ0n) is 11.5. The number of amides is 1. The summed E-state index contributed by atoms with van der Waals surface area (Å²) in [7, 11) is 1.77. The van der Waals surface area contributed by atoms with Gasteiger partial charge in [-0.05, 0) is 31.0 Å². The third-order valence-electron chi connectivity index (χ3n) is 4.06. The topological polar surface area (TPSA) is 20.3 Å². The number of hydrogen-bond acceptors (Lipinski definition) is 1. The molecular formula is C16H17Cl2NO. The second-order valence-corrected chi connectivity index (χ2v) is 6.04. The Labute approximate surface area is 130 Å². The molecule has 2 nitrogen and oxygen atoms in total. The van der Waals surface area contributed by atoms with Crippen molar-refractivity contribution in [3.8, 4) is 12.3 Å². The SMILES string of the molecule is C#CC1(N(C)C(=O)c2ccc(Cl)c(Cl)c2)CCCCC1. The van der Waals surface area contributed by atoms with Crippen LogP contribution in [0.2, 0.25) is 10.0 Å². The van der Waals surface area contributed by atoms with E-state index in [1.54, 1.807) is 30.1 Å². The molecule has 0 aromatic heterocycles. The summed E-state index contributed by atoms with van der Waals surface area (Å²) in [5.41, 5.74) is 0.0450. The van der Waals surface area contributed by atoms with Crippen molar-refractivity contribution >= 4 is 29.1 Å². The lowest BCUT2D eigenvalue weighted by molar-refractivity contribution is 0.0594. The van der Waals surface area contributed by atoms with Crippen LogP contribution < -0.4 is 0 Å². The van der Waals surface area contributed by atoms with Crippen LogP contribution >= 0.6 is 23.2 Å². The minimum absolute atomic E-state index is 0.108. The number of hydrogen-bond donors (Lipinski definition) is 0. The maximum atomic E-state index is 12.6. The molecule has 0 saturated heterocycles. The van der Waals surface area contributed by atoms with Crippen molar-refractivity contribution in [2.24, 2.45) is 0 Å². The molecular weight excluding hydrogens is 293 g/mol. The first-order chi connectivity index (χ1) is 9.50. The maximum Gasteiger partial charge on any atom is 0.254 e. The normalized spacial score (nSPS) is 17.3. The second kappa shape index (κ2) is 6.08. The molecule has 0 bridgehead atoms. The van der Waals surface area contributed by atoms with Crippen LogP contribution in [-0.2, 0) is 0 Å². The standard InChI is InChI=1S/C16H17Cl2NO/c1-3-16(9-5-4-6-10-16)19(2)15(20)12-7-8-13(17)14(18)11-12/h1,7-8,11H,4-6,9-10H2,2H3. The van der Waals surface area contributed by atoms with Gasteiger partial charge in [0, 0.05) is 12.6 Å². The molecule has 0 heterocycles. The number of nitrogens with zero attached hydrogens (tertiary/aromatic N) is 1. The third kappa shape index (κ3) is 2.80. The van der Waals surface area contributed by atoms with Gasteiger partial charge in [0.2, 0.25) is 0 Å². The predicted molar refractivity (Wildman–Crippen MR) is 83.2 cm³/mol. The summed E-state index contributed by atoms with van der Waals surface area (Å²) in [4.78, 5) is 14.3. The first kappa shape index (κ1) is 15.2. The van der Waals surface area contributed by atoms with Gasteiger partial charge in [0.1, 0.15) is 5.54 Å². The molecule has 0 aliphatic heterocycles. The van der Waals surface area contributed by atoms with Gasteiger partial charge in [-0.2, -0.15) is 0 Å². The van der Waals surface area contributed by atoms with E-state index >= 15 is 0 Å². The molecule has 106 valence electrons. The Balaban J connectivity index is 2.27. The van der Waals surface area contributed by atoms with E-state index in [9.17, 15) is 4.79 Å². The van der Waals surface area contributed by atoms with Gasteiger partial charge >= 0.3 is 0 Å². The third-order valence-corrected chi connectivity index (χ3v) is 4.80. The Hall–Kier alpha value is -1.17. The first-order valence-corrected chi connectivity index (χ1v) is 7.47. The molecule has 2 rings (SSSR count). The van der Waals surface area contributed by atoms with Crippen molar-refractivity contribution in [1.29, 1.82) is 0 Å². The van der Waals surface area contributed by atoms with Crippen molar-refractivity contribution in [3.05, 3.63) is 33.8 Å². The highest BCUT2D eigenvalue weighted by atomic mass is 35.5. The van der Waals surface area contributed by atoms with Crippen LogP contribution in [0.4, 0.5) is 0 Å². The van der Waals surface area contributed by atoms with Gasteiger partial charge in [-0.1, -0.05) is 48.4 Å². The van der Waals surface area contributed by atoms with Gasteiger partial charge in [0.25, 0.3) is 5.91 Å². The van der Waals surface area contributed by atoms with Crippen LogP contribution in [0, 0.1) is 12.3 Å². The molecule has 1 fully saturated rings. The summed E-state index contributed by atoms with van der Waals surface area (Å²) in [5, 5.41) is 0.819. The van der Waals surface area contributed by atoms with Crippen LogP contribution in [0.15, 0.2) is 18.2 Å². The van der Waals surface area contributed by atoms with Crippen molar-refractivity contribution in [2.45, 2.75) is 37.6 Å². The molecule has 0 atom stereocenters. The van der Waals surface area contributed by atoms with Crippen LogP contribution in [-0.4, -0.2) is 23.4 Å². The summed E-state index contributed by atoms with van der Waals surface area (Å²) < 4.78 is 0. The lowest BCUT2D eigenvalue weighted by Crippen LogP contribution is -2.49. The highest BCUT2D eigenvalue weighted by Crippen LogP contribution is 2.33. The van der Waals surface area contributed by atoms with Gasteiger partial charge in [-0.15, -0.1) is 6.42 Å². The second-order valence-electron chi connectivity index (χ2n) is 5.23. The Bertz CT molecular complexity index is 556. The van der Waals surface area contributed by atoms with E-state index in [1.165, 1.54) is 6.42 Å². The number of benzene rings is 1. The Kier molecular flexibility index (Phi) is 4.62. The summed E-state index contributed by atoms with van der Waals surface area (Å²) in [6, 6.07) is 4.91. The molecule has 0 radical (unpaired) electrons. The van der Waals surface area contributed by atoms with Crippen molar-refractivity contribution in [3.63, 3.8) is 0 Å². The van der Waals surface area contributed by atoms with Crippen molar-refractivity contribution < 1.29 is 4.79 Å². The first-order valence-electron chi connectivity index (χ1n) is 6.71. The number of halogens is 2. The summed E-state index contributed by atoms with van der Waals surface area (Å²) in [6.07, 6.45) is 10.7. The summed E-state index contributed by atoms with van der Waals surface area (Å²) in [6.45, 7) is 0.